The Bertz CT molecular complexity index is 505. The van der Waals surface area contributed by atoms with Crippen LogP contribution in [0.5, 0.6) is 0 Å². The van der Waals surface area contributed by atoms with Crippen LogP contribution in [0.4, 0.5) is 0 Å². The number of hydrogen-bond acceptors (Lipinski definition) is 2. The van der Waals surface area contributed by atoms with Gasteiger partial charge in [0.1, 0.15) is 5.72 Å². The number of carbonyl (C=O) groups excluding carboxylic acids is 1. The minimum atomic E-state index is -0.617. The standard InChI is InChI=1S/C17H23NO2/c1-6-15(19)18-14(12-13-10-8-7-9-11-13)16(2,3)20-17(18,4)5/h6-11,14H,1,12H2,2-5H3/t14-/m0/s1. The van der Waals surface area contributed by atoms with E-state index in [0.29, 0.717) is 0 Å². The lowest BCUT2D eigenvalue weighted by molar-refractivity contribution is -0.144. The Morgan fingerprint density at radius 2 is 1.90 bits per heavy atom. The van der Waals surface area contributed by atoms with E-state index in [1.54, 1.807) is 0 Å². The van der Waals surface area contributed by atoms with Crippen LogP contribution in [0.25, 0.3) is 0 Å². The van der Waals surface area contributed by atoms with Crippen LogP contribution in [0, 0.1) is 0 Å². The maximum Gasteiger partial charge on any atom is 0.248 e. The monoisotopic (exact) mass is 273 g/mol. The summed E-state index contributed by atoms with van der Waals surface area (Å²) in [5, 5.41) is 0. The third-order valence-electron chi connectivity index (χ3n) is 3.89. The summed E-state index contributed by atoms with van der Waals surface area (Å²) in [6.45, 7) is 11.6. The number of amides is 1. The van der Waals surface area contributed by atoms with Gasteiger partial charge in [-0.05, 0) is 45.8 Å². The molecule has 2 rings (SSSR count). The molecule has 0 bridgehead atoms. The third kappa shape index (κ3) is 2.63. The molecule has 1 heterocycles. The summed E-state index contributed by atoms with van der Waals surface area (Å²) < 4.78 is 6.11. The fourth-order valence-corrected chi connectivity index (χ4v) is 3.14. The Balaban J connectivity index is 2.35. The lowest BCUT2D eigenvalue weighted by Gasteiger charge is -2.33. The summed E-state index contributed by atoms with van der Waals surface area (Å²) in [5.41, 5.74) is 0.195. The lowest BCUT2D eigenvalue weighted by atomic mass is 9.92. The molecule has 1 amide bonds. The van der Waals surface area contributed by atoms with E-state index in [9.17, 15) is 4.79 Å². The van der Waals surface area contributed by atoms with Gasteiger partial charge in [0.25, 0.3) is 0 Å². The second kappa shape index (κ2) is 5.06. The number of carbonyl (C=O) groups is 1. The quantitative estimate of drug-likeness (QED) is 0.792. The molecule has 0 radical (unpaired) electrons. The second-order valence-electron chi connectivity index (χ2n) is 6.27. The highest BCUT2D eigenvalue weighted by atomic mass is 16.6. The molecule has 1 aliphatic rings. The van der Waals surface area contributed by atoms with Gasteiger partial charge >= 0.3 is 0 Å². The molecule has 0 saturated carbocycles. The molecule has 20 heavy (non-hydrogen) atoms. The van der Waals surface area contributed by atoms with Gasteiger partial charge in [-0.1, -0.05) is 36.9 Å². The second-order valence-corrected chi connectivity index (χ2v) is 6.27. The van der Waals surface area contributed by atoms with Crippen LogP contribution in [-0.2, 0) is 16.0 Å². The summed E-state index contributed by atoms with van der Waals surface area (Å²) >= 11 is 0. The molecule has 1 aliphatic heterocycles. The fraction of sp³-hybridized carbons (Fsp3) is 0.471. The highest BCUT2D eigenvalue weighted by Gasteiger charge is 2.53. The Hall–Kier alpha value is -1.61. The molecule has 1 fully saturated rings. The minimum Gasteiger partial charge on any atom is -0.348 e. The largest absolute Gasteiger partial charge is 0.348 e. The molecule has 1 aromatic carbocycles. The zero-order chi connectivity index (χ0) is 15.0. The Kier molecular flexibility index (Phi) is 3.74. The van der Waals surface area contributed by atoms with Gasteiger partial charge in [-0.3, -0.25) is 4.79 Å². The summed E-state index contributed by atoms with van der Waals surface area (Å²) in [6, 6.07) is 10.2. The van der Waals surface area contributed by atoms with Crippen molar-refractivity contribution in [1.29, 1.82) is 0 Å². The SMILES string of the molecule is C=CC(=O)N1[C@@H](Cc2ccccc2)C(C)(C)OC1(C)C. The number of hydrogen-bond donors (Lipinski definition) is 0. The number of nitrogens with zero attached hydrogens (tertiary/aromatic N) is 1. The van der Waals surface area contributed by atoms with Crippen molar-refractivity contribution in [2.75, 3.05) is 0 Å². The van der Waals surface area contributed by atoms with Crippen molar-refractivity contribution in [3.63, 3.8) is 0 Å². The first-order valence-electron chi connectivity index (χ1n) is 6.98. The zero-order valence-corrected chi connectivity index (χ0v) is 12.7. The average molecular weight is 273 g/mol. The van der Waals surface area contributed by atoms with Crippen molar-refractivity contribution < 1.29 is 9.53 Å². The van der Waals surface area contributed by atoms with Gasteiger partial charge in [-0.15, -0.1) is 0 Å². The van der Waals surface area contributed by atoms with Crippen molar-refractivity contribution >= 4 is 5.91 Å². The van der Waals surface area contributed by atoms with E-state index in [-0.39, 0.29) is 11.9 Å². The lowest BCUT2D eigenvalue weighted by Crippen LogP contribution is -2.49. The minimum absolute atomic E-state index is 0.00889. The van der Waals surface area contributed by atoms with Gasteiger partial charge in [0.05, 0.1) is 11.6 Å². The Labute approximate surface area is 121 Å². The van der Waals surface area contributed by atoms with Crippen LogP contribution < -0.4 is 0 Å². The first-order chi connectivity index (χ1) is 9.28. The van der Waals surface area contributed by atoms with E-state index in [4.69, 9.17) is 4.74 Å². The van der Waals surface area contributed by atoms with E-state index in [1.807, 2.05) is 50.8 Å². The highest BCUT2D eigenvalue weighted by Crippen LogP contribution is 2.40. The molecule has 0 aromatic heterocycles. The molecular weight excluding hydrogens is 250 g/mol. The molecule has 0 spiro atoms. The smallest absolute Gasteiger partial charge is 0.248 e. The van der Waals surface area contributed by atoms with E-state index in [0.717, 1.165) is 6.42 Å². The number of rotatable bonds is 3. The van der Waals surface area contributed by atoms with Crippen LogP contribution in [0.3, 0.4) is 0 Å². The molecule has 3 nitrogen and oxygen atoms in total. The van der Waals surface area contributed by atoms with Gasteiger partial charge in [-0.25, -0.2) is 0 Å². The van der Waals surface area contributed by atoms with Gasteiger partial charge in [0, 0.05) is 0 Å². The van der Waals surface area contributed by atoms with Crippen LogP contribution in [0.1, 0.15) is 33.3 Å². The van der Waals surface area contributed by atoms with Crippen LogP contribution in [0.2, 0.25) is 0 Å². The van der Waals surface area contributed by atoms with Crippen molar-refractivity contribution in [2.45, 2.75) is 51.5 Å². The van der Waals surface area contributed by atoms with Gasteiger partial charge in [-0.2, -0.15) is 0 Å². The molecule has 0 N–H and O–H groups in total. The highest BCUT2D eigenvalue weighted by molar-refractivity contribution is 5.88. The summed E-state index contributed by atoms with van der Waals surface area (Å²) in [6.07, 6.45) is 2.14. The average Bonchev–Trinajstić information content (AvgIpc) is 2.55. The predicted octanol–water partition coefficient (Wildman–Crippen LogP) is 3.16. The molecule has 0 aliphatic carbocycles. The van der Waals surface area contributed by atoms with Crippen molar-refractivity contribution in [1.82, 2.24) is 4.90 Å². The van der Waals surface area contributed by atoms with E-state index < -0.39 is 11.3 Å². The van der Waals surface area contributed by atoms with Gasteiger partial charge in [0.15, 0.2) is 0 Å². The zero-order valence-electron chi connectivity index (χ0n) is 12.7. The Morgan fingerprint density at radius 3 is 2.45 bits per heavy atom. The summed E-state index contributed by atoms with van der Waals surface area (Å²) in [4.78, 5) is 14.1. The predicted molar refractivity (Wildman–Crippen MR) is 80.2 cm³/mol. The third-order valence-corrected chi connectivity index (χ3v) is 3.89. The van der Waals surface area contributed by atoms with E-state index in [1.165, 1.54) is 11.6 Å². The molecule has 0 unspecified atom stereocenters. The molecule has 3 heteroatoms. The molecule has 1 atom stereocenters. The molecular formula is C17H23NO2. The molecule has 1 aromatic rings. The summed E-state index contributed by atoms with van der Waals surface area (Å²) in [5.74, 6) is -0.0819. The topological polar surface area (TPSA) is 29.5 Å². The van der Waals surface area contributed by atoms with Crippen molar-refractivity contribution in [3.8, 4) is 0 Å². The van der Waals surface area contributed by atoms with Gasteiger partial charge < -0.3 is 9.64 Å². The van der Waals surface area contributed by atoms with Crippen molar-refractivity contribution in [3.05, 3.63) is 48.6 Å². The van der Waals surface area contributed by atoms with Crippen LogP contribution in [0.15, 0.2) is 43.0 Å². The first kappa shape index (κ1) is 14.8. The number of benzene rings is 1. The van der Waals surface area contributed by atoms with Crippen molar-refractivity contribution in [2.24, 2.45) is 0 Å². The molecule has 1 saturated heterocycles. The molecule has 108 valence electrons. The van der Waals surface area contributed by atoms with Gasteiger partial charge in [0.2, 0.25) is 5.91 Å². The van der Waals surface area contributed by atoms with Crippen LogP contribution in [-0.4, -0.2) is 28.2 Å². The van der Waals surface area contributed by atoms with Crippen LogP contribution >= 0.6 is 0 Å². The maximum atomic E-state index is 12.2. The number of ether oxygens (including phenoxy) is 1. The Morgan fingerprint density at radius 1 is 1.30 bits per heavy atom. The maximum absolute atomic E-state index is 12.2. The van der Waals surface area contributed by atoms with E-state index >= 15 is 0 Å². The first-order valence-corrected chi connectivity index (χ1v) is 6.98. The fourth-order valence-electron chi connectivity index (χ4n) is 3.14. The van der Waals surface area contributed by atoms with E-state index in [2.05, 4.69) is 18.7 Å². The summed E-state index contributed by atoms with van der Waals surface area (Å²) in [7, 11) is 0. The normalized spacial score (nSPS) is 23.6.